The number of hydrogen-bond donors (Lipinski definition) is 1. The topological polar surface area (TPSA) is 49.4 Å². The van der Waals surface area contributed by atoms with Crippen LogP contribution in [0.2, 0.25) is 0 Å². The summed E-state index contributed by atoms with van der Waals surface area (Å²) in [6.07, 6.45) is 0. The molecule has 1 fully saturated rings. The zero-order valence-electron chi connectivity index (χ0n) is 18.9. The van der Waals surface area contributed by atoms with Crippen LogP contribution < -0.4 is 10.2 Å². The van der Waals surface area contributed by atoms with E-state index in [-0.39, 0.29) is 22.6 Å². The Balaban J connectivity index is 1.48. The van der Waals surface area contributed by atoms with E-state index in [1.165, 1.54) is 5.56 Å². The molecule has 1 aliphatic rings. The van der Waals surface area contributed by atoms with Crippen LogP contribution in [0.15, 0.2) is 72.8 Å². The second kappa shape index (κ2) is 8.83. The van der Waals surface area contributed by atoms with Gasteiger partial charge in [-0.25, -0.2) is 0 Å². The molecule has 0 saturated carbocycles. The molecular formula is C27H28N2O2S. The van der Waals surface area contributed by atoms with E-state index in [4.69, 9.17) is 0 Å². The first-order valence-corrected chi connectivity index (χ1v) is 11.8. The number of carbonyl (C=O) groups excluding carboxylic acids is 2. The summed E-state index contributed by atoms with van der Waals surface area (Å²) in [5.41, 5.74) is 5.69. The maximum atomic E-state index is 12.7. The van der Waals surface area contributed by atoms with E-state index in [1.54, 1.807) is 11.8 Å². The van der Waals surface area contributed by atoms with Gasteiger partial charge in [-0.15, -0.1) is 11.8 Å². The molecule has 32 heavy (non-hydrogen) atoms. The SMILES string of the molecule is Cc1cccc(N2C(=O)CSC2c2ccc(NC(=O)c3ccc(C(C)(C)C)cc3)cc2)c1. The molecule has 1 aliphatic heterocycles. The Morgan fingerprint density at radius 1 is 1.00 bits per heavy atom. The first-order valence-electron chi connectivity index (χ1n) is 10.7. The van der Waals surface area contributed by atoms with Gasteiger partial charge in [-0.2, -0.15) is 0 Å². The Morgan fingerprint density at radius 3 is 2.31 bits per heavy atom. The second-order valence-corrected chi connectivity index (χ2v) is 10.2. The minimum atomic E-state index is -0.134. The molecule has 164 valence electrons. The summed E-state index contributed by atoms with van der Waals surface area (Å²) in [5.74, 6) is 0.438. The van der Waals surface area contributed by atoms with E-state index in [9.17, 15) is 9.59 Å². The Bertz CT molecular complexity index is 1130. The van der Waals surface area contributed by atoms with Gasteiger partial charge in [-0.3, -0.25) is 14.5 Å². The summed E-state index contributed by atoms with van der Waals surface area (Å²) < 4.78 is 0. The summed E-state index contributed by atoms with van der Waals surface area (Å²) >= 11 is 1.62. The van der Waals surface area contributed by atoms with Crippen LogP contribution in [0, 0.1) is 6.92 Å². The predicted octanol–water partition coefficient (Wildman–Crippen LogP) is 6.32. The molecule has 1 atom stereocenters. The van der Waals surface area contributed by atoms with E-state index >= 15 is 0 Å². The first kappa shape index (κ1) is 22.2. The van der Waals surface area contributed by atoms with Gasteiger partial charge in [0.05, 0.1) is 5.75 Å². The zero-order chi connectivity index (χ0) is 22.9. The molecule has 0 aromatic heterocycles. The first-order chi connectivity index (χ1) is 15.2. The molecule has 0 bridgehead atoms. The van der Waals surface area contributed by atoms with Gasteiger partial charge in [0.25, 0.3) is 5.91 Å². The van der Waals surface area contributed by atoms with Crippen molar-refractivity contribution in [2.45, 2.75) is 38.5 Å². The third-order valence-electron chi connectivity index (χ3n) is 5.61. The summed E-state index contributed by atoms with van der Waals surface area (Å²) in [5, 5.41) is 2.90. The van der Waals surface area contributed by atoms with E-state index < -0.39 is 0 Å². The molecule has 4 rings (SSSR count). The lowest BCUT2D eigenvalue weighted by molar-refractivity contribution is -0.115. The van der Waals surface area contributed by atoms with Crippen molar-refractivity contribution < 1.29 is 9.59 Å². The predicted molar refractivity (Wildman–Crippen MR) is 133 cm³/mol. The zero-order valence-corrected chi connectivity index (χ0v) is 19.7. The van der Waals surface area contributed by atoms with Gasteiger partial charge in [0, 0.05) is 16.9 Å². The highest BCUT2D eigenvalue weighted by Crippen LogP contribution is 2.42. The minimum Gasteiger partial charge on any atom is -0.322 e. The molecule has 1 unspecified atom stereocenters. The number of amides is 2. The van der Waals surface area contributed by atoms with Crippen LogP contribution in [-0.4, -0.2) is 17.6 Å². The molecule has 1 N–H and O–H groups in total. The monoisotopic (exact) mass is 444 g/mol. The number of aryl methyl sites for hydroxylation is 1. The lowest BCUT2D eigenvalue weighted by atomic mass is 9.87. The van der Waals surface area contributed by atoms with Crippen LogP contribution in [0.4, 0.5) is 11.4 Å². The smallest absolute Gasteiger partial charge is 0.255 e. The van der Waals surface area contributed by atoms with Crippen molar-refractivity contribution in [1.82, 2.24) is 0 Å². The number of anilines is 2. The van der Waals surface area contributed by atoms with Crippen LogP contribution in [0.1, 0.15) is 53.2 Å². The molecule has 1 saturated heterocycles. The fourth-order valence-electron chi connectivity index (χ4n) is 3.78. The highest BCUT2D eigenvalue weighted by atomic mass is 32.2. The van der Waals surface area contributed by atoms with Crippen LogP contribution in [0.3, 0.4) is 0 Å². The number of hydrogen-bond acceptors (Lipinski definition) is 3. The standard InChI is InChI=1S/C27H28N2O2S/c1-18-6-5-7-23(16-18)29-24(30)17-32-26(29)20-10-14-22(15-11-20)28-25(31)19-8-12-21(13-9-19)27(2,3)4/h5-16,26H,17H2,1-4H3,(H,28,31). The quantitative estimate of drug-likeness (QED) is 0.512. The van der Waals surface area contributed by atoms with Crippen molar-refractivity contribution in [2.24, 2.45) is 0 Å². The molecule has 3 aromatic carbocycles. The van der Waals surface area contributed by atoms with Gasteiger partial charge in [0.2, 0.25) is 5.91 Å². The number of rotatable bonds is 4. The molecule has 0 spiro atoms. The number of carbonyl (C=O) groups is 2. The Labute approximate surface area is 194 Å². The number of nitrogens with zero attached hydrogens (tertiary/aromatic N) is 1. The fraction of sp³-hybridized carbons (Fsp3) is 0.259. The van der Waals surface area contributed by atoms with Gasteiger partial charge in [0.1, 0.15) is 5.37 Å². The maximum Gasteiger partial charge on any atom is 0.255 e. The Morgan fingerprint density at radius 2 is 1.69 bits per heavy atom. The Hall–Kier alpha value is -3.05. The summed E-state index contributed by atoms with van der Waals surface area (Å²) in [6, 6.07) is 23.5. The highest BCUT2D eigenvalue weighted by molar-refractivity contribution is 8.00. The Kier molecular flexibility index (Phi) is 6.11. The molecule has 2 amide bonds. The molecule has 0 aliphatic carbocycles. The molecular weight excluding hydrogens is 416 g/mol. The van der Waals surface area contributed by atoms with Gasteiger partial charge < -0.3 is 5.32 Å². The van der Waals surface area contributed by atoms with Gasteiger partial charge in [-0.05, 0) is 65.4 Å². The van der Waals surface area contributed by atoms with Crippen molar-refractivity contribution in [3.8, 4) is 0 Å². The highest BCUT2D eigenvalue weighted by Gasteiger charge is 2.34. The average Bonchev–Trinajstić information content (AvgIpc) is 3.15. The van der Waals surface area contributed by atoms with E-state index in [0.717, 1.165) is 22.5 Å². The maximum absolute atomic E-state index is 12.7. The van der Waals surface area contributed by atoms with Gasteiger partial charge in [0.15, 0.2) is 0 Å². The van der Waals surface area contributed by atoms with Gasteiger partial charge in [-0.1, -0.05) is 57.2 Å². The van der Waals surface area contributed by atoms with Crippen LogP contribution in [0.5, 0.6) is 0 Å². The molecule has 4 nitrogen and oxygen atoms in total. The van der Waals surface area contributed by atoms with Gasteiger partial charge >= 0.3 is 0 Å². The van der Waals surface area contributed by atoms with E-state index in [2.05, 4.69) is 26.1 Å². The lowest BCUT2D eigenvalue weighted by Crippen LogP contribution is -2.27. The second-order valence-electron chi connectivity index (χ2n) is 9.17. The van der Waals surface area contributed by atoms with Crippen LogP contribution >= 0.6 is 11.8 Å². The van der Waals surface area contributed by atoms with Crippen molar-refractivity contribution >= 4 is 35.0 Å². The third-order valence-corrected chi connectivity index (χ3v) is 6.83. The molecule has 1 heterocycles. The molecule has 5 heteroatoms. The van der Waals surface area contributed by atoms with E-state index in [1.807, 2.05) is 84.6 Å². The molecule has 0 radical (unpaired) electrons. The normalized spacial score (nSPS) is 16.3. The summed E-state index contributed by atoms with van der Waals surface area (Å²) in [4.78, 5) is 27.1. The fourth-order valence-corrected chi connectivity index (χ4v) is 4.96. The van der Waals surface area contributed by atoms with Crippen molar-refractivity contribution in [1.29, 1.82) is 0 Å². The van der Waals surface area contributed by atoms with Crippen LogP contribution in [0.25, 0.3) is 0 Å². The minimum absolute atomic E-state index is 0.0524. The van der Waals surface area contributed by atoms with E-state index in [0.29, 0.717) is 11.3 Å². The van der Waals surface area contributed by atoms with Crippen molar-refractivity contribution in [3.05, 3.63) is 95.1 Å². The average molecular weight is 445 g/mol. The number of thioether (sulfide) groups is 1. The third kappa shape index (κ3) is 4.73. The largest absolute Gasteiger partial charge is 0.322 e. The van der Waals surface area contributed by atoms with Crippen LogP contribution in [-0.2, 0) is 10.2 Å². The summed E-state index contributed by atoms with van der Waals surface area (Å²) in [7, 11) is 0. The lowest BCUT2D eigenvalue weighted by Gasteiger charge is -2.25. The van der Waals surface area contributed by atoms with Crippen molar-refractivity contribution in [3.63, 3.8) is 0 Å². The van der Waals surface area contributed by atoms with Crippen molar-refractivity contribution in [2.75, 3.05) is 16.0 Å². The number of nitrogens with one attached hydrogen (secondary N) is 1. The number of benzene rings is 3. The molecule has 3 aromatic rings. The summed E-state index contributed by atoms with van der Waals surface area (Å²) in [6.45, 7) is 8.49.